The van der Waals surface area contributed by atoms with Gasteiger partial charge < -0.3 is 5.11 Å². The van der Waals surface area contributed by atoms with Crippen LogP contribution in [0, 0.1) is 17.8 Å². The molecule has 1 fully saturated rings. The molecule has 1 unspecified atom stereocenters. The molecule has 1 aromatic heterocycles. The van der Waals surface area contributed by atoms with Gasteiger partial charge in [-0.3, -0.25) is 4.98 Å². The number of aliphatic hydroxyl groups excluding tert-OH is 1. The molecule has 1 aliphatic rings. The summed E-state index contributed by atoms with van der Waals surface area (Å²) in [6.45, 7) is 0. The van der Waals surface area contributed by atoms with E-state index in [4.69, 9.17) is 0 Å². The quantitative estimate of drug-likeness (QED) is 0.653. The van der Waals surface area contributed by atoms with Gasteiger partial charge in [0.05, 0.1) is 0 Å². The van der Waals surface area contributed by atoms with Gasteiger partial charge in [-0.1, -0.05) is 17.9 Å². The van der Waals surface area contributed by atoms with E-state index in [0.29, 0.717) is 5.92 Å². The summed E-state index contributed by atoms with van der Waals surface area (Å²) in [6.07, 6.45) is 5.03. The molecule has 2 heteroatoms. The van der Waals surface area contributed by atoms with Crippen LogP contribution in [0.4, 0.5) is 0 Å². The van der Waals surface area contributed by atoms with Crippen molar-refractivity contribution in [3.05, 3.63) is 30.1 Å². The highest BCUT2D eigenvalue weighted by molar-refractivity contribution is 5.23. The predicted molar refractivity (Wildman–Crippen MR) is 49.7 cm³/mol. The SMILES string of the molecule is OC(C#CC1CC1)c1cccnc1. The summed E-state index contributed by atoms with van der Waals surface area (Å²) < 4.78 is 0. The molecule has 0 saturated heterocycles. The summed E-state index contributed by atoms with van der Waals surface area (Å²) in [4.78, 5) is 3.92. The smallest absolute Gasteiger partial charge is 0.141 e. The lowest BCUT2D eigenvalue weighted by Crippen LogP contribution is -1.93. The molecule has 2 rings (SSSR count). The second-order valence-electron chi connectivity index (χ2n) is 3.25. The molecule has 13 heavy (non-hydrogen) atoms. The molecule has 2 nitrogen and oxygen atoms in total. The van der Waals surface area contributed by atoms with Gasteiger partial charge in [0, 0.05) is 23.9 Å². The fourth-order valence-electron chi connectivity index (χ4n) is 1.05. The highest BCUT2D eigenvalue weighted by Crippen LogP contribution is 2.27. The molecule has 66 valence electrons. The maximum absolute atomic E-state index is 9.58. The first-order valence-electron chi connectivity index (χ1n) is 4.45. The molecule has 0 aliphatic heterocycles. The van der Waals surface area contributed by atoms with Crippen LogP contribution < -0.4 is 0 Å². The Hall–Kier alpha value is -1.33. The summed E-state index contributed by atoms with van der Waals surface area (Å²) in [7, 11) is 0. The Kier molecular flexibility index (Phi) is 2.29. The van der Waals surface area contributed by atoms with E-state index in [2.05, 4.69) is 16.8 Å². The first-order valence-corrected chi connectivity index (χ1v) is 4.45. The summed E-state index contributed by atoms with van der Waals surface area (Å²) in [5, 5.41) is 9.58. The molecule has 0 bridgehead atoms. The molecule has 0 spiro atoms. The van der Waals surface area contributed by atoms with E-state index in [1.807, 2.05) is 6.07 Å². The molecule has 1 heterocycles. The number of rotatable bonds is 1. The Balaban J connectivity index is 2.05. The maximum atomic E-state index is 9.58. The summed E-state index contributed by atoms with van der Waals surface area (Å²) in [5.41, 5.74) is 0.774. The first kappa shape index (κ1) is 8.28. The zero-order valence-corrected chi connectivity index (χ0v) is 7.27. The van der Waals surface area contributed by atoms with Crippen molar-refractivity contribution in [2.75, 3.05) is 0 Å². The highest BCUT2D eigenvalue weighted by atomic mass is 16.3. The topological polar surface area (TPSA) is 33.1 Å². The maximum Gasteiger partial charge on any atom is 0.141 e. The van der Waals surface area contributed by atoms with Gasteiger partial charge in [-0.05, 0) is 18.9 Å². The third-order valence-corrected chi connectivity index (χ3v) is 2.00. The monoisotopic (exact) mass is 173 g/mol. The molecule has 0 amide bonds. The fraction of sp³-hybridized carbons (Fsp3) is 0.364. The lowest BCUT2D eigenvalue weighted by molar-refractivity contribution is 0.238. The molecule has 0 aromatic carbocycles. The van der Waals surface area contributed by atoms with Crippen LogP contribution in [0.5, 0.6) is 0 Å². The molecule has 1 N–H and O–H groups in total. The zero-order valence-electron chi connectivity index (χ0n) is 7.27. The van der Waals surface area contributed by atoms with E-state index in [9.17, 15) is 5.11 Å². The minimum Gasteiger partial charge on any atom is -0.376 e. The van der Waals surface area contributed by atoms with Gasteiger partial charge in [0.25, 0.3) is 0 Å². The molecule has 1 atom stereocenters. The zero-order chi connectivity index (χ0) is 9.10. The van der Waals surface area contributed by atoms with E-state index in [0.717, 1.165) is 5.56 Å². The molecule has 0 radical (unpaired) electrons. The molecular weight excluding hydrogens is 162 g/mol. The van der Waals surface area contributed by atoms with Crippen LogP contribution in [0.15, 0.2) is 24.5 Å². The van der Waals surface area contributed by atoms with Crippen molar-refractivity contribution in [2.24, 2.45) is 5.92 Å². The highest BCUT2D eigenvalue weighted by Gasteiger charge is 2.18. The van der Waals surface area contributed by atoms with Gasteiger partial charge in [-0.25, -0.2) is 0 Å². The molecule has 1 aliphatic carbocycles. The van der Waals surface area contributed by atoms with Crippen molar-refractivity contribution in [2.45, 2.75) is 18.9 Å². The van der Waals surface area contributed by atoms with Crippen molar-refractivity contribution in [1.82, 2.24) is 4.98 Å². The van der Waals surface area contributed by atoms with Crippen molar-refractivity contribution >= 4 is 0 Å². The van der Waals surface area contributed by atoms with Gasteiger partial charge in [0.1, 0.15) is 6.10 Å². The van der Waals surface area contributed by atoms with Crippen LogP contribution in [0.2, 0.25) is 0 Å². The van der Waals surface area contributed by atoms with Crippen molar-refractivity contribution in [3.8, 4) is 11.8 Å². The summed E-state index contributed by atoms with van der Waals surface area (Å²) in [6, 6.07) is 3.64. The van der Waals surface area contributed by atoms with Gasteiger partial charge in [-0.15, -0.1) is 0 Å². The standard InChI is InChI=1S/C11H11NO/c13-11(6-5-9-3-4-9)10-2-1-7-12-8-10/h1-2,7-9,11,13H,3-4H2. The van der Waals surface area contributed by atoms with E-state index >= 15 is 0 Å². The largest absolute Gasteiger partial charge is 0.376 e. The van der Waals surface area contributed by atoms with E-state index < -0.39 is 6.10 Å². The number of aromatic nitrogens is 1. The van der Waals surface area contributed by atoms with E-state index in [-0.39, 0.29) is 0 Å². The molecule has 1 aromatic rings. The Morgan fingerprint density at radius 1 is 1.54 bits per heavy atom. The van der Waals surface area contributed by atoms with Crippen molar-refractivity contribution < 1.29 is 5.11 Å². The Labute approximate surface area is 77.6 Å². The summed E-state index contributed by atoms with van der Waals surface area (Å²) in [5.74, 6) is 6.39. The van der Waals surface area contributed by atoms with Crippen LogP contribution in [-0.4, -0.2) is 10.1 Å². The van der Waals surface area contributed by atoms with E-state index in [1.54, 1.807) is 18.5 Å². The van der Waals surface area contributed by atoms with Crippen LogP contribution in [0.25, 0.3) is 0 Å². The van der Waals surface area contributed by atoms with Gasteiger partial charge in [-0.2, -0.15) is 0 Å². The Bertz CT molecular complexity index is 332. The Morgan fingerprint density at radius 3 is 3.00 bits per heavy atom. The third kappa shape index (κ3) is 2.30. The predicted octanol–water partition coefficient (Wildman–Crippen LogP) is 1.53. The number of pyridine rings is 1. The van der Waals surface area contributed by atoms with Crippen LogP contribution in [0.3, 0.4) is 0 Å². The van der Waals surface area contributed by atoms with Crippen LogP contribution in [-0.2, 0) is 0 Å². The van der Waals surface area contributed by atoms with Crippen LogP contribution in [0.1, 0.15) is 24.5 Å². The summed E-state index contributed by atoms with van der Waals surface area (Å²) >= 11 is 0. The average molecular weight is 173 g/mol. The van der Waals surface area contributed by atoms with Crippen molar-refractivity contribution in [1.29, 1.82) is 0 Å². The minimum absolute atomic E-state index is 0.534. The normalized spacial score (nSPS) is 17.3. The van der Waals surface area contributed by atoms with Gasteiger partial charge in [0.2, 0.25) is 0 Å². The van der Waals surface area contributed by atoms with Crippen molar-refractivity contribution in [3.63, 3.8) is 0 Å². The first-order chi connectivity index (χ1) is 6.36. The number of nitrogens with zero attached hydrogens (tertiary/aromatic N) is 1. The Morgan fingerprint density at radius 2 is 2.38 bits per heavy atom. The number of hydrogen-bond acceptors (Lipinski definition) is 2. The minimum atomic E-state index is -0.672. The molecule has 1 saturated carbocycles. The average Bonchev–Trinajstić information content (AvgIpc) is 2.99. The third-order valence-electron chi connectivity index (χ3n) is 2.00. The van der Waals surface area contributed by atoms with Gasteiger partial charge in [0.15, 0.2) is 0 Å². The second kappa shape index (κ2) is 3.59. The number of aliphatic hydroxyl groups is 1. The lowest BCUT2D eigenvalue weighted by atomic mass is 10.1. The fourth-order valence-corrected chi connectivity index (χ4v) is 1.05. The molecular formula is C11H11NO. The van der Waals surface area contributed by atoms with E-state index in [1.165, 1.54) is 12.8 Å². The van der Waals surface area contributed by atoms with Crippen LogP contribution >= 0.6 is 0 Å². The number of hydrogen-bond donors (Lipinski definition) is 1. The lowest BCUT2D eigenvalue weighted by Gasteiger charge is -2.00. The van der Waals surface area contributed by atoms with Gasteiger partial charge >= 0.3 is 0 Å². The second-order valence-corrected chi connectivity index (χ2v) is 3.25.